The summed E-state index contributed by atoms with van der Waals surface area (Å²) in [5.74, 6) is 0.446. The van der Waals surface area contributed by atoms with Crippen molar-refractivity contribution in [3.05, 3.63) is 0 Å². The summed E-state index contributed by atoms with van der Waals surface area (Å²) in [6, 6.07) is 0.159. The van der Waals surface area contributed by atoms with E-state index in [1.165, 1.54) is 6.26 Å². The molecule has 2 fully saturated rings. The fraction of sp³-hybridized carbons (Fsp3) is 1.00. The van der Waals surface area contributed by atoms with Crippen LogP contribution in [-0.2, 0) is 19.7 Å². The van der Waals surface area contributed by atoms with E-state index in [0.29, 0.717) is 12.8 Å². The molecule has 0 radical (unpaired) electrons. The highest BCUT2D eigenvalue weighted by atomic mass is 32.2. The molecular weight excluding hydrogens is 274 g/mol. The molecule has 0 bridgehead atoms. The Balaban J connectivity index is 1.94. The standard InChI is InChI=1S/C11H21NO4S2/c1-17(13,14)11-4-2-3-10(11)12-9-5-7-18(15,16)8-6-9/h9-12H,2-8H2,1H3. The van der Waals surface area contributed by atoms with Gasteiger partial charge in [0.1, 0.15) is 9.84 Å². The lowest BCUT2D eigenvalue weighted by atomic mass is 10.1. The van der Waals surface area contributed by atoms with Crippen LogP contribution in [0, 0.1) is 0 Å². The van der Waals surface area contributed by atoms with Crippen LogP contribution in [0.5, 0.6) is 0 Å². The maximum atomic E-state index is 11.7. The number of hydrogen-bond donors (Lipinski definition) is 1. The van der Waals surface area contributed by atoms with Gasteiger partial charge in [0, 0.05) is 18.3 Å². The van der Waals surface area contributed by atoms with Gasteiger partial charge in [0.15, 0.2) is 9.84 Å². The van der Waals surface area contributed by atoms with Gasteiger partial charge in [-0.05, 0) is 25.7 Å². The van der Waals surface area contributed by atoms with E-state index in [9.17, 15) is 16.8 Å². The lowest BCUT2D eigenvalue weighted by molar-refractivity contribution is 0.400. The molecule has 0 spiro atoms. The Kier molecular flexibility index (Phi) is 4.04. The summed E-state index contributed by atoms with van der Waals surface area (Å²) in [5, 5.41) is 3.07. The van der Waals surface area contributed by atoms with Crippen molar-refractivity contribution in [1.29, 1.82) is 0 Å². The number of nitrogens with one attached hydrogen (secondary N) is 1. The molecule has 1 saturated heterocycles. The largest absolute Gasteiger partial charge is 0.310 e. The van der Waals surface area contributed by atoms with Crippen molar-refractivity contribution in [1.82, 2.24) is 5.32 Å². The van der Waals surface area contributed by atoms with Crippen molar-refractivity contribution >= 4 is 19.7 Å². The van der Waals surface area contributed by atoms with Crippen LogP contribution in [-0.4, -0.2) is 51.9 Å². The van der Waals surface area contributed by atoms with Crippen molar-refractivity contribution < 1.29 is 16.8 Å². The van der Waals surface area contributed by atoms with E-state index in [0.717, 1.165) is 19.3 Å². The predicted octanol–water partition coefficient (Wildman–Crippen LogP) is 0.119. The van der Waals surface area contributed by atoms with Crippen LogP contribution in [0.1, 0.15) is 32.1 Å². The zero-order valence-electron chi connectivity index (χ0n) is 10.6. The summed E-state index contributed by atoms with van der Waals surface area (Å²) in [4.78, 5) is 0. The Labute approximate surface area is 109 Å². The maximum absolute atomic E-state index is 11.7. The average Bonchev–Trinajstić information content (AvgIpc) is 2.69. The highest BCUT2D eigenvalue weighted by Crippen LogP contribution is 2.26. The Morgan fingerprint density at radius 3 is 2.22 bits per heavy atom. The van der Waals surface area contributed by atoms with Crippen LogP contribution in [0.2, 0.25) is 0 Å². The molecule has 1 aliphatic carbocycles. The fourth-order valence-corrected chi connectivity index (χ4v) is 5.89. The molecule has 1 saturated carbocycles. The second kappa shape index (κ2) is 5.09. The normalized spacial score (nSPS) is 33.6. The summed E-state index contributed by atoms with van der Waals surface area (Å²) in [5.41, 5.74) is 0. The zero-order chi connectivity index (χ0) is 13.4. The quantitative estimate of drug-likeness (QED) is 0.800. The SMILES string of the molecule is CS(=O)(=O)C1CCCC1NC1CCS(=O)(=O)CC1. The van der Waals surface area contributed by atoms with Gasteiger partial charge in [0.2, 0.25) is 0 Å². The lowest BCUT2D eigenvalue weighted by Crippen LogP contribution is -2.47. The third-order valence-electron chi connectivity index (χ3n) is 4.01. The third-order valence-corrected chi connectivity index (χ3v) is 7.39. The summed E-state index contributed by atoms with van der Waals surface area (Å²) < 4.78 is 46.0. The van der Waals surface area contributed by atoms with Crippen molar-refractivity contribution in [3.8, 4) is 0 Å². The first kappa shape index (κ1) is 14.3. The van der Waals surface area contributed by atoms with Gasteiger partial charge < -0.3 is 5.32 Å². The van der Waals surface area contributed by atoms with Crippen LogP contribution in [0.4, 0.5) is 0 Å². The number of rotatable bonds is 3. The molecular formula is C11H21NO4S2. The molecule has 2 atom stereocenters. The molecule has 0 aromatic heterocycles. The third kappa shape index (κ3) is 3.45. The Bertz CT molecular complexity index is 483. The van der Waals surface area contributed by atoms with E-state index in [4.69, 9.17) is 0 Å². The van der Waals surface area contributed by atoms with Gasteiger partial charge >= 0.3 is 0 Å². The molecule has 2 unspecified atom stereocenters. The first-order valence-corrected chi connectivity index (χ1v) is 10.2. The van der Waals surface area contributed by atoms with Crippen LogP contribution in [0.15, 0.2) is 0 Å². The summed E-state index contributed by atoms with van der Waals surface area (Å²) in [7, 11) is -5.86. The van der Waals surface area contributed by atoms with Gasteiger partial charge in [-0.3, -0.25) is 0 Å². The maximum Gasteiger partial charge on any atom is 0.151 e. The molecule has 1 N–H and O–H groups in total. The van der Waals surface area contributed by atoms with Crippen LogP contribution >= 0.6 is 0 Å². The monoisotopic (exact) mass is 295 g/mol. The minimum Gasteiger partial charge on any atom is -0.310 e. The average molecular weight is 295 g/mol. The zero-order valence-corrected chi connectivity index (χ0v) is 12.3. The molecule has 5 nitrogen and oxygen atoms in total. The molecule has 18 heavy (non-hydrogen) atoms. The van der Waals surface area contributed by atoms with E-state index in [1.54, 1.807) is 0 Å². The Morgan fingerprint density at radius 1 is 1.06 bits per heavy atom. The molecule has 0 aromatic rings. The molecule has 2 aliphatic rings. The highest BCUT2D eigenvalue weighted by Gasteiger charge is 2.36. The summed E-state index contributed by atoms with van der Waals surface area (Å²) in [6.07, 6.45) is 5.04. The van der Waals surface area contributed by atoms with E-state index in [1.807, 2.05) is 0 Å². The second-order valence-electron chi connectivity index (χ2n) is 5.50. The lowest BCUT2D eigenvalue weighted by Gasteiger charge is -2.29. The minimum absolute atomic E-state index is 0.00537. The van der Waals surface area contributed by atoms with Crippen LogP contribution in [0.25, 0.3) is 0 Å². The number of hydrogen-bond acceptors (Lipinski definition) is 5. The van der Waals surface area contributed by atoms with Crippen molar-refractivity contribution in [2.24, 2.45) is 0 Å². The molecule has 0 amide bonds. The van der Waals surface area contributed by atoms with Crippen molar-refractivity contribution in [2.75, 3.05) is 17.8 Å². The van der Waals surface area contributed by atoms with Gasteiger partial charge in [-0.15, -0.1) is 0 Å². The minimum atomic E-state index is -3.01. The van der Waals surface area contributed by atoms with Gasteiger partial charge in [-0.1, -0.05) is 6.42 Å². The molecule has 7 heteroatoms. The van der Waals surface area contributed by atoms with E-state index < -0.39 is 19.7 Å². The van der Waals surface area contributed by atoms with Crippen LogP contribution < -0.4 is 5.32 Å². The van der Waals surface area contributed by atoms with Crippen molar-refractivity contribution in [3.63, 3.8) is 0 Å². The van der Waals surface area contributed by atoms with Crippen molar-refractivity contribution in [2.45, 2.75) is 49.4 Å². The van der Waals surface area contributed by atoms with Gasteiger partial charge in [-0.25, -0.2) is 16.8 Å². The summed E-state index contributed by atoms with van der Waals surface area (Å²) >= 11 is 0. The molecule has 106 valence electrons. The Hall–Kier alpha value is -0.140. The van der Waals surface area contributed by atoms with Gasteiger partial charge in [0.25, 0.3) is 0 Å². The van der Waals surface area contributed by atoms with E-state index >= 15 is 0 Å². The number of sulfone groups is 2. The van der Waals surface area contributed by atoms with Crippen LogP contribution in [0.3, 0.4) is 0 Å². The highest BCUT2D eigenvalue weighted by molar-refractivity contribution is 7.91. The van der Waals surface area contributed by atoms with Gasteiger partial charge in [-0.2, -0.15) is 0 Å². The first-order valence-electron chi connectivity index (χ1n) is 6.43. The van der Waals surface area contributed by atoms with Gasteiger partial charge in [0.05, 0.1) is 16.8 Å². The van der Waals surface area contributed by atoms with E-state index in [-0.39, 0.29) is 28.8 Å². The fourth-order valence-electron chi connectivity index (χ4n) is 2.99. The second-order valence-corrected chi connectivity index (χ2v) is 10.1. The smallest absolute Gasteiger partial charge is 0.151 e. The predicted molar refractivity (Wildman–Crippen MR) is 71.1 cm³/mol. The molecule has 0 aromatic carbocycles. The first-order chi connectivity index (χ1) is 8.28. The molecule has 1 heterocycles. The molecule has 1 aliphatic heterocycles. The molecule has 2 rings (SSSR count). The van der Waals surface area contributed by atoms with E-state index in [2.05, 4.69) is 5.32 Å². The Morgan fingerprint density at radius 2 is 1.67 bits per heavy atom. The summed E-state index contributed by atoms with van der Waals surface area (Å²) in [6.45, 7) is 0. The topological polar surface area (TPSA) is 80.3 Å².